The number of fused-ring (bicyclic) bond motifs is 2. The van der Waals surface area contributed by atoms with Gasteiger partial charge < -0.3 is 14.8 Å². The molecule has 11 heteroatoms. The van der Waals surface area contributed by atoms with Crippen molar-refractivity contribution < 1.29 is 37.0 Å². The van der Waals surface area contributed by atoms with Crippen molar-refractivity contribution in [3.05, 3.63) is 59.3 Å². The van der Waals surface area contributed by atoms with E-state index in [1.807, 2.05) is 0 Å². The summed E-state index contributed by atoms with van der Waals surface area (Å²) in [5.41, 5.74) is 0.0709. The van der Waals surface area contributed by atoms with E-state index in [2.05, 4.69) is 10.3 Å². The number of carbonyl (C=O) groups is 3. The van der Waals surface area contributed by atoms with E-state index in [0.717, 1.165) is 23.1 Å². The molecule has 1 aromatic heterocycles. The summed E-state index contributed by atoms with van der Waals surface area (Å²) in [4.78, 5) is 43.3. The van der Waals surface area contributed by atoms with Crippen LogP contribution in [0, 0.1) is 6.92 Å². The predicted octanol–water partition coefficient (Wildman–Crippen LogP) is 4.10. The number of anilines is 2. The Kier molecular flexibility index (Phi) is 6.10. The van der Waals surface area contributed by atoms with Crippen LogP contribution in [-0.2, 0) is 20.5 Å². The van der Waals surface area contributed by atoms with E-state index in [0.29, 0.717) is 22.3 Å². The number of halogens is 3. The molecule has 0 fully saturated rings. The van der Waals surface area contributed by atoms with E-state index in [-0.39, 0.29) is 16.9 Å². The number of rotatable bonds is 4. The zero-order valence-corrected chi connectivity index (χ0v) is 18.9. The molecule has 1 aliphatic heterocycles. The number of aryl methyl sites for hydroxylation is 1. The van der Waals surface area contributed by atoms with E-state index in [4.69, 9.17) is 9.47 Å². The second-order valence-electron chi connectivity index (χ2n) is 7.93. The summed E-state index contributed by atoms with van der Waals surface area (Å²) in [5, 5.41) is 2.99. The van der Waals surface area contributed by atoms with Crippen LogP contribution >= 0.6 is 0 Å². The van der Waals surface area contributed by atoms with Gasteiger partial charge in [0.05, 0.1) is 40.8 Å². The third kappa shape index (κ3) is 4.75. The van der Waals surface area contributed by atoms with E-state index in [9.17, 15) is 27.6 Å². The Morgan fingerprint density at radius 1 is 1.14 bits per heavy atom. The summed E-state index contributed by atoms with van der Waals surface area (Å²) >= 11 is 0. The summed E-state index contributed by atoms with van der Waals surface area (Å²) in [5.74, 6) is -1.63. The van der Waals surface area contributed by atoms with Crippen molar-refractivity contribution in [1.82, 2.24) is 4.98 Å². The number of alkyl halides is 3. The molecular weight excluding hydrogens is 467 g/mol. The lowest BCUT2D eigenvalue weighted by Gasteiger charge is -2.31. The number of hydrogen-bond acceptors (Lipinski definition) is 6. The first kappa shape index (κ1) is 24.0. The van der Waals surface area contributed by atoms with Crippen LogP contribution < -0.4 is 15.0 Å². The number of hydrogen-bond donors (Lipinski definition) is 1. The zero-order valence-electron chi connectivity index (χ0n) is 18.9. The Bertz CT molecular complexity index is 1360. The summed E-state index contributed by atoms with van der Waals surface area (Å²) in [6, 6.07) is 9.39. The third-order valence-corrected chi connectivity index (χ3v) is 5.52. The molecule has 4 rings (SSSR count). The Balaban J connectivity index is 1.56. The highest BCUT2D eigenvalue weighted by molar-refractivity contribution is 6.11. The highest BCUT2D eigenvalue weighted by atomic mass is 19.4. The Hall–Kier alpha value is -4.15. The van der Waals surface area contributed by atoms with Gasteiger partial charge in [-0.05, 0) is 50.2 Å². The smallest absolute Gasteiger partial charge is 0.416 e. The Labute approximate surface area is 197 Å². The molecule has 2 aromatic carbocycles. The standard InChI is InChI=1S/C24H20F3N3O5/c1-12-17(8-14-4-6-16(34-3)10-18(14)28-12)23(33)35-13(2)22(32)30-11-21(31)29-19-9-15(24(25,26)27)5-7-20(19)30/h4-10,13H,11H2,1-3H3,(H,29,31). The summed E-state index contributed by atoms with van der Waals surface area (Å²) in [6.07, 6.45) is -5.94. The lowest BCUT2D eigenvalue weighted by atomic mass is 10.1. The molecule has 1 unspecified atom stereocenters. The van der Waals surface area contributed by atoms with Gasteiger partial charge in [0.15, 0.2) is 6.10 Å². The van der Waals surface area contributed by atoms with Gasteiger partial charge in [0, 0.05) is 11.5 Å². The normalized spacial score (nSPS) is 14.2. The van der Waals surface area contributed by atoms with Crippen molar-refractivity contribution in [1.29, 1.82) is 0 Å². The minimum atomic E-state index is -4.62. The van der Waals surface area contributed by atoms with Gasteiger partial charge in [0.25, 0.3) is 5.91 Å². The molecule has 182 valence electrons. The molecule has 35 heavy (non-hydrogen) atoms. The van der Waals surface area contributed by atoms with Crippen LogP contribution in [0.15, 0.2) is 42.5 Å². The minimum Gasteiger partial charge on any atom is -0.497 e. The van der Waals surface area contributed by atoms with Gasteiger partial charge in [0.1, 0.15) is 12.3 Å². The molecule has 0 radical (unpaired) electrons. The first-order valence-corrected chi connectivity index (χ1v) is 10.5. The first-order chi connectivity index (χ1) is 16.5. The van der Waals surface area contributed by atoms with Crippen LogP contribution in [0.2, 0.25) is 0 Å². The number of pyridine rings is 1. The van der Waals surface area contributed by atoms with Crippen molar-refractivity contribution >= 4 is 40.1 Å². The molecule has 0 saturated heterocycles. The SMILES string of the molecule is COc1ccc2cc(C(=O)OC(C)C(=O)N3CC(=O)Nc4cc(C(F)(F)F)ccc43)c(C)nc2c1. The third-order valence-electron chi connectivity index (χ3n) is 5.52. The molecule has 0 aliphatic carbocycles. The number of nitrogens with zero attached hydrogens (tertiary/aromatic N) is 2. The van der Waals surface area contributed by atoms with Gasteiger partial charge in [-0.1, -0.05) is 0 Å². The largest absolute Gasteiger partial charge is 0.497 e. The molecule has 2 amide bonds. The van der Waals surface area contributed by atoms with Crippen LogP contribution in [0.25, 0.3) is 10.9 Å². The van der Waals surface area contributed by atoms with Gasteiger partial charge in [0.2, 0.25) is 5.91 Å². The number of nitrogens with one attached hydrogen (secondary N) is 1. The van der Waals surface area contributed by atoms with Crippen molar-refractivity contribution in [2.75, 3.05) is 23.9 Å². The maximum atomic E-state index is 13.0. The molecule has 3 aromatic rings. The summed E-state index contributed by atoms with van der Waals surface area (Å²) in [6.45, 7) is 2.51. The number of ether oxygens (including phenoxy) is 2. The molecule has 1 N–H and O–H groups in total. The van der Waals surface area contributed by atoms with E-state index < -0.39 is 42.2 Å². The van der Waals surface area contributed by atoms with E-state index in [1.165, 1.54) is 14.0 Å². The molecule has 0 bridgehead atoms. The molecule has 2 heterocycles. The number of carbonyl (C=O) groups excluding carboxylic acids is 3. The highest BCUT2D eigenvalue weighted by Gasteiger charge is 2.35. The lowest BCUT2D eigenvalue weighted by molar-refractivity contribution is -0.137. The van der Waals surface area contributed by atoms with Gasteiger partial charge >= 0.3 is 12.1 Å². The fourth-order valence-electron chi connectivity index (χ4n) is 3.73. The van der Waals surface area contributed by atoms with E-state index >= 15 is 0 Å². The van der Waals surface area contributed by atoms with Crippen molar-refractivity contribution in [3.8, 4) is 5.75 Å². The predicted molar refractivity (Wildman–Crippen MR) is 120 cm³/mol. The molecule has 1 aliphatic rings. The average Bonchev–Trinajstić information content (AvgIpc) is 2.80. The average molecular weight is 487 g/mol. The number of esters is 1. The quantitative estimate of drug-likeness (QED) is 0.557. The van der Waals surface area contributed by atoms with E-state index in [1.54, 1.807) is 31.2 Å². The molecule has 1 atom stereocenters. The van der Waals surface area contributed by atoms with Crippen LogP contribution in [0.3, 0.4) is 0 Å². The fourth-order valence-corrected chi connectivity index (χ4v) is 3.73. The maximum Gasteiger partial charge on any atom is 0.416 e. The topological polar surface area (TPSA) is 97.8 Å². The number of methoxy groups -OCH3 is 1. The van der Waals surface area contributed by atoms with Crippen LogP contribution in [0.1, 0.15) is 28.5 Å². The van der Waals surface area contributed by atoms with Crippen LogP contribution in [-0.4, -0.2) is 42.5 Å². The summed E-state index contributed by atoms with van der Waals surface area (Å²) < 4.78 is 49.7. The molecule has 8 nitrogen and oxygen atoms in total. The Morgan fingerprint density at radius 3 is 2.57 bits per heavy atom. The van der Waals surface area contributed by atoms with Gasteiger partial charge in [-0.15, -0.1) is 0 Å². The number of aromatic nitrogens is 1. The monoisotopic (exact) mass is 487 g/mol. The Morgan fingerprint density at radius 2 is 1.89 bits per heavy atom. The first-order valence-electron chi connectivity index (χ1n) is 10.5. The van der Waals surface area contributed by atoms with Crippen molar-refractivity contribution in [2.45, 2.75) is 26.1 Å². The zero-order chi connectivity index (χ0) is 25.5. The lowest BCUT2D eigenvalue weighted by Crippen LogP contribution is -2.47. The van der Waals surface area contributed by atoms with Crippen LogP contribution in [0.4, 0.5) is 24.5 Å². The summed E-state index contributed by atoms with van der Waals surface area (Å²) in [7, 11) is 1.53. The fraction of sp³-hybridized carbons (Fsp3) is 0.250. The molecular formula is C24H20F3N3O5. The van der Waals surface area contributed by atoms with Crippen molar-refractivity contribution in [2.24, 2.45) is 0 Å². The van der Waals surface area contributed by atoms with Gasteiger partial charge in [-0.25, -0.2) is 4.79 Å². The second-order valence-corrected chi connectivity index (χ2v) is 7.93. The molecule has 0 saturated carbocycles. The van der Waals surface area contributed by atoms with Crippen molar-refractivity contribution in [3.63, 3.8) is 0 Å². The highest BCUT2D eigenvalue weighted by Crippen LogP contribution is 2.37. The van der Waals surface area contributed by atoms with Crippen LogP contribution in [0.5, 0.6) is 5.75 Å². The maximum absolute atomic E-state index is 13.0. The minimum absolute atomic E-state index is 0.0722. The number of benzene rings is 2. The second kappa shape index (κ2) is 8.90. The number of amides is 2. The molecule has 0 spiro atoms. The van der Waals surface area contributed by atoms with Gasteiger partial charge in [-0.3, -0.25) is 19.5 Å². The van der Waals surface area contributed by atoms with Gasteiger partial charge in [-0.2, -0.15) is 13.2 Å².